The summed E-state index contributed by atoms with van der Waals surface area (Å²) in [5.41, 5.74) is 6.51. The minimum atomic E-state index is -0.273. The molecular formula is C12H18FNO. The predicted molar refractivity (Wildman–Crippen MR) is 59.3 cm³/mol. The van der Waals surface area contributed by atoms with Crippen molar-refractivity contribution in [3.05, 3.63) is 29.6 Å². The van der Waals surface area contributed by atoms with E-state index in [0.29, 0.717) is 11.3 Å². The van der Waals surface area contributed by atoms with Gasteiger partial charge in [0, 0.05) is 11.6 Å². The average molecular weight is 211 g/mol. The van der Waals surface area contributed by atoms with Crippen LogP contribution < -0.4 is 10.5 Å². The van der Waals surface area contributed by atoms with Gasteiger partial charge in [0.05, 0.1) is 7.11 Å². The third-order valence-corrected chi connectivity index (χ3v) is 2.82. The lowest BCUT2D eigenvalue weighted by atomic mass is 9.93. The number of benzene rings is 1. The van der Waals surface area contributed by atoms with Crippen molar-refractivity contribution in [1.82, 2.24) is 0 Å². The van der Waals surface area contributed by atoms with E-state index in [1.54, 1.807) is 19.2 Å². The molecule has 2 N–H and O–H groups in total. The number of methoxy groups -OCH3 is 1. The summed E-state index contributed by atoms with van der Waals surface area (Å²) in [6.07, 6.45) is 0.928. The lowest BCUT2D eigenvalue weighted by Crippen LogP contribution is -2.19. The summed E-state index contributed by atoms with van der Waals surface area (Å²) in [5, 5.41) is 0. The molecule has 0 radical (unpaired) electrons. The van der Waals surface area contributed by atoms with Crippen LogP contribution >= 0.6 is 0 Å². The highest BCUT2D eigenvalue weighted by molar-refractivity contribution is 5.32. The Bertz CT molecular complexity index is 327. The van der Waals surface area contributed by atoms with Gasteiger partial charge in [0.1, 0.15) is 11.6 Å². The monoisotopic (exact) mass is 211 g/mol. The quantitative estimate of drug-likeness (QED) is 0.831. The summed E-state index contributed by atoms with van der Waals surface area (Å²) < 4.78 is 18.6. The van der Waals surface area contributed by atoms with Gasteiger partial charge in [-0.3, -0.25) is 0 Å². The number of rotatable bonds is 4. The molecule has 0 aliphatic rings. The Labute approximate surface area is 90.2 Å². The van der Waals surface area contributed by atoms with E-state index in [1.165, 1.54) is 6.07 Å². The zero-order valence-corrected chi connectivity index (χ0v) is 9.46. The molecule has 0 saturated carbocycles. The van der Waals surface area contributed by atoms with E-state index < -0.39 is 0 Å². The fourth-order valence-electron chi connectivity index (χ4n) is 1.46. The van der Waals surface area contributed by atoms with Crippen molar-refractivity contribution in [2.24, 2.45) is 11.7 Å². The number of hydrogen-bond donors (Lipinski definition) is 1. The minimum absolute atomic E-state index is 0.256. The minimum Gasteiger partial charge on any atom is -0.497 e. The predicted octanol–water partition coefficient (Wildman–Crippen LogP) is 2.88. The average Bonchev–Trinajstić information content (AvgIpc) is 2.27. The van der Waals surface area contributed by atoms with Gasteiger partial charge in [0.25, 0.3) is 0 Å². The van der Waals surface area contributed by atoms with Crippen LogP contribution in [-0.2, 0) is 0 Å². The molecule has 0 amide bonds. The molecule has 1 aromatic rings. The van der Waals surface area contributed by atoms with Gasteiger partial charge in [-0.25, -0.2) is 4.39 Å². The van der Waals surface area contributed by atoms with Crippen LogP contribution in [0.15, 0.2) is 18.2 Å². The van der Waals surface area contributed by atoms with Gasteiger partial charge in [0.15, 0.2) is 0 Å². The Morgan fingerprint density at radius 3 is 2.67 bits per heavy atom. The number of hydrogen-bond acceptors (Lipinski definition) is 2. The first-order valence-corrected chi connectivity index (χ1v) is 5.19. The fraction of sp³-hybridized carbons (Fsp3) is 0.500. The molecule has 0 heterocycles. The Morgan fingerprint density at radius 2 is 2.13 bits per heavy atom. The standard InChI is InChI=1S/C12H18FNO/c1-4-8(2)12(14)10-7-9(15-3)5-6-11(10)13/h5-8,12H,4,14H2,1-3H3/t8?,12-/m0/s1. The molecule has 2 nitrogen and oxygen atoms in total. The summed E-state index contributed by atoms with van der Waals surface area (Å²) in [5.74, 6) is 0.639. The molecule has 2 atom stereocenters. The van der Waals surface area contributed by atoms with Crippen LogP contribution in [0.4, 0.5) is 4.39 Å². The van der Waals surface area contributed by atoms with Crippen LogP contribution in [0.2, 0.25) is 0 Å². The first-order valence-electron chi connectivity index (χ1n) is 5.19. The number of halogens is 1. The second-order valence-corrected chi connectivity index (χ2v) is 3.80. The Kier molecular flexibility index (Phi) is 4.09. The molecule has 15 heavy (non-hydrogen) atoms. The van der Waals surface area contributed by atoms with E-state index in [1.807, 2.05) is 13.8 Å². The first kappa shape index (κ1) is 12.0. The van der Waals surface area contributed by atoms with Crippen molar-refractivity contribution < 1.29 is 9.13 Å². The fourth-order valence-corrected chi connectivity index (χ4v) is 1.46. The molecule has 0 aliphatic carbocycles. The second kappa shape index (κ2) is 5.12. The smallest absolute Gasteiger partial charge is 0.128 e. The molecule has 3 heteroatoms. The topological polar surface area (TPSA) is 35.2 Å². The summed E-state index contributed by atoms with van der Waals surface area (Å²) >= 11 is 0. The molecule has 1 aromatic carbocycles. The highest BCUT2D eigenvalue weighted by atomic mass is 19.1. The molecular weight excluding hydrogens is 193 g/mol. The first-order chi connectivity index (χ1) is 7.10. The molecule has 0 spiro atoms. The molecule has 1 unspecified atom stereocenters. The van der Waals surface area contributed by atoms with Crippen LogP contribution in [0.1, 0.15) is 31.9 Å². The van der Waals surface area contributed by atoms with Crippen molar-refractivity contribution >= 4 is 0 Å². The lowest BCUT2D eigenvalue weighted by Gasteiger charge is -2.19. The van der Waals surface area contributed by atoms with Crippen molar-refractivity contribution in [3.63, 3.8) is 0 Å². The van der Waals surface area contributed by atoms with Gasteiger partial charge < -0.3 is 10.5 Å². The summed E-state index contributed by atoms with van der Waals surface area (Å²) in [4.78, 5) is 0. The molecule has 0 aromatic heterocycles. The highest BCUT2D eigenvalue weighted by Gasteiger charge is 2.17. The molecule has 0 saturated heterocycles. The number of nitrogens with two attached hydrogens (primary N) is 1. The van der Waals surface area contributed by atoms with Crippen molar-refractivity contribution in [1.29, 1.82) is 0 Å². The van der Waals surface area contributed by atoms with Crippen LogP contribution in [-0.4, -0.2) is 7.11 Å². The lowest BCUT2D eigenvalue weighted by molar-refractivity contribution is 0.405. The largest absolute Gasteiger partial charge is 0.497 e. The second-order valence-electron chi connectivity index (χ2n) is 3.80. The van der Waals surface area contributed by atoms with Gasteiger partial charge in [-0.05, 0) is 24.1 Å². The van der Waals surface area contributed by atoms with Gasteiger partial charge in [-0.1, -0.05) is 20.3 Å². The molecule has 84 valence electrons. The third-order valence-electron chi connectivity index (χ3n) is 2.82. The van der Waals surface area contributed by atoms with Crippen LogP contribution in [0.5, 0.6) is 5.75 Å². The Hall–Kier alpha value is -1.09. The van der Waals surface area contributed by atoms with Gasteiger partial charge in [-0.2, -0.15) is 0 Å². The van der Waals surface area contributed by atoms with E-state index in [0.717, 1.165) is 6.42 Å². The normalized spacial score (nSPS) is 14.7. The van der Waals surface area contributed by atoms with E-state index in [-0.39, 0.29) is 17.8 Å². The molecule has 0 fully saturated rings. The van der Waals surface area contributed by atoms with Gasteiger partial charge in [-0.15, -0.1) is 0 Å². The number of ether oxygens (including phenoxy) is 1. The molecule has 0 bridgehead atoms. The summed E-state index contributed by atoms with van der Waals surface area (Å²) in [7, 11) is 1.56. The molecule has 1 rings (SSSR count). The SMILES string of the molecule is CCC(C)[C@H](N)c1cc(OC)ccc1F. The van der Waals surface area contributed by atoms with Crippen molar-refractivity contribution in [3.8, 4) is 5.75 Å². The Balaban J connectivity index is 3.01. The zero-order valence-electron chi connectivity index (χ0n) is 9.46. The van der Waals surface area contributed by atoms with Crippen molar-refractivity contribution in [2.75, 3.05) is 7.11 Å². The highest BCUT2D eigenvalue weighted by Crippen LogP contribution is 2.27. The Morgan fingerprint density at radius 1 is 1.47 bits per heavy atom. The van der Waals surface area contributed by atoms with Crippen LogP contribution in [0, 0.1) is 11.7 Å². The van der Waals surface area contributed by atoms with E-state index in [4.69, 9.17) is 10.5 Å². The van der Waals surface area contributed by atoms with Gasteiger partial charge >= 0.3 is 0 Å². The molecule has 0 aliphatic heterocycles. The third kappa shape index (κ3) is 2.69. The van der Waals surface area contributed by atoms with Gasteiger partial charge in [0.2, 0.25) is 0 Å². The van der Waals surface area contributed by atoms with E-state index >= 15 is 0 Å². The zero-order chi connectivity index (χ0) is 11.4. The maximum Gasteiger partial charge on any atom is 0.128 e. The van der Waals surface area contributed by atoms with Crippen LogP contribution in [0.3, 0.4) is 0 Å². The maximum atomic E-state index is 13.5. The van der Waals surface area contributed by atoms with Crippen LogP contribution in [0.25, 0.3) is 0 Å². The maximum absolute atomic E-state index is 13.5. The summed E-state index contributed by atoms with van der Waals surface area (Å²) in [6.45, 7) is 4.06. The van der Waals surface area contributed by atoms with E-state index in [9.17, 15) is 4.39 Å². The summed E-state index contributed by atoms with van der Waals surface area (Å²) in [6, 6.07) is 4.40. The van der Waals surface area contributed by atoms with E-state index in [2.05, 4.69) is 0 Å². The van der Waals surface area contributed by atoms with Crippen molar-refractivity contribution in [2.45, 2.75) is 26.3 Å².